The van der Waals surface area contributed by atoms with Gasteiger partial charge in [-0.3, -0.25) is 19.8 Å². The number of ether oxygens (including phenoxy) is 2. The van der Waals surface area contributed by atoms with Crippen LogP contribution < -0.4 is 10.1 Å². The Hall–Kier alpha value is -4.15. The van der Waals surface area contributed by atoms with Gasteiger partial charge in [-0.2, -0.15) is 0 Å². The van der Waals surface area contributed by atoms with Gasteiger partial charge in [0.2, 0.25) is 5.91 Å². The highest BCUT2D eigenvalue weighted by atomic mass is 16.6. The molecule has 34 heavy (non-hydrogen) atoms. The van der Waals surface area contributed by atoms with Crippen molar-refractivity contribution in [2.24, 2.45) is 0 Å². The molecule has 0 saturated carbocycles. The summed E-state index contributed by atoms with van der Waals surface area (Å²) in [6, 6.07) is 10.7. The van der Waals surface area contributed by atoms with E-state index < -0.39 is 35.0 Å². The summed E-state index contributed by atoms with van der Waals surface area (Å²) in [4.78, 5) is 49.1. The van der Waals surface area contributed by atoms with Crippen LogP contribution in [0.25, 0.3) is 0 Å². The summed E-state index contributed by atoms with van der Waals surface area (Å²) in [5.41, 5.74) is 0.831. The Balaban J connectivity index is 1.68. The maximum atomic E-state index is 12.9. The fourth-order valence-corrected chi connectivity index (χ4v) is 3.79. The van der Waals surface area contributed by atoms with Crippen LogP contribution >= 0.6 is 0 Å². The number of methoxy groups -OCH3 is 1. The number of benzene rings is 2. The Morgan fingerprint density at radius 1 is 1.24 bits per heavy atom. The molecule has 0 unspecified atom stereocenters. The first-order valence-corrected chi connectivity index (χ1v) is 10.6. The zero-order chi connectivity index (χ0) is 24.7. The van der Waals surface area contributed by atoms with Gasteiger partial charge in [-0.15, -0.1) is 0 Å². The van der Waals surface area contributed by atoms with Gasteiger partial charge < -0.3 is 19.9 Å². The van der Waals surface area contributed by atoms with E-state index in [1.165, 1.54) is 30.2 Å². The lowest BCUT2D eigenvalue weighted by Gasteiger charge is -2.25. The molecule has 0 spiro atoms. The molecule has 3 rings (SSSR count). The van der Waals surface area contributed by atoms with Gasteiger partial charge in [0.1, 0.15) is 24.4 Å². The number of nitro groups is 1. The van der Waals surface area contributed by atoms with Crippen LogP contribution in [-0.2, 0) is 27.4 Å². The van der Waals surface area contributed by atoms with Gasteiger partial charge in [0.05, 0.1) is 12.0 Å². The molecule has 0 aromatic heterocycles. The Kier molecular flexibility index (Phi) is 8.01. The topological polar surface area (TPSA) is 148 Å². The van der Waals surface area contributed by atoms with Gasteiger partial charge in [-0.25, -0.2) is 9.59 Å². The third-order valence-electron chi connectivity index (χ3n) is 5.51. The van der Waals surface area contributed by atoms with Crippen molar-refractivity contribution in [1.82, 2.24) is 10.2 Å². The average molecular weight is 471 g/mol. The standard InChI is InChI=1S/C23H25N3O8/c1-33-20-10-9-17(26(31)32)12-16(20)13-18(22(28)29)24-21(27)19-8-5-11-25(19)23(30)34-14-15-6-3-2-4-7-15/h2-4,6-7,9-10,12,18-19H,5,8,11,13-14H2,1H3,(H,24,27)(H,28,29)/t18-,19-/m1/s1. The molecular formula is C23H25N3O8. The number of carbonyl (C=O) groups is 3. The fraction of sp³-hybridized carbons (Fsp3) is 0.348. The smallest absolute Gasteiger partial charge is 0.410 e. The van der Waals surface area contributed by atoms with Crippen molar-refractivity contribution in [1.29, 1.82) is 0 Å². The normalized spacial score (nSPS) is 15.9. The second kappa shape index (κ2) is 11.1. The Morgan fingerprint density at radius 2 is 1.97 bits per heavy atom. The average Bonchev–Trinajstić information content (AvgIpc) is 3.33. The number of likely N-dealkylation sites (tertiary alicyclic amines) is 1. The number of hydrogen-bond acceptors (Lipinski definition) is 7. The van der Waals surface area contributed by atoms with Crippen LogP contribution in [0.3, 0.4) is 0 Å². The molecular weight excluding hydrogens is 446 g/mol. The number of hydrogen-bond donors (Lipinski definition) is 2. The molecule has 2 atom stereocenters. The molecule has 1 heterocycles. The van der Waals surface area contributed by atoms with Crippen molar-refractivity contribution in [3.05, 3.63) is 69.8 Å². The second-order valence-corrected chi connectivity index (χ2v) is 7.75. The molecule has 0 radical (unpaired) electrons. The number of non-ortho nitro benzene ring substituents is 1. The van der Waals surface area contributed by atoms with E-state index in [1.807, 2.05) is 18.2 Å². The second-order valence-electron chi connectivity index (χ2n) is 7.75. The molecule has 1 fully saturated rings. The number of carbonyl (C=O) groups excluding carboxylic acids is 2. The van der Waals surface area contributed by atoms with E-state index in [4.69, 9.17) is 9.47 Å². The first-order chi connectivity index (χ1) is 16.3. The van der Waals surface area contributed by atoms with Gasteiger partial charge in [-0.1, -0.05) is 30.3 Å². The summed E-state index contributed by atoms with van der Waals surface area (Å²) in [7, 11) is 1.36. The van der Waals surface area contributed by atoms with Crippen LogP contribution in [0.2, 0.25) is 0 Å². The maximum absolute atomic E-state index is 12.9. The molecule has 11 heteroatoms. The van der Waals surface area contributed by atoms with E-state index in [9.17, 15) is 29.6 Å². The minimum atomic E-state index is -1.38. The molecule has 2 amide bonds. The Morgan fingerprint density at radius 3 is 2.62 bits per heavy atom. The van der Waals surface area contributed by atoms with Gasteiger partial charge in [0, 0.05) is 30.7 Å². The zero-order valence-electron chi connectivity index (χ0n) is 18.5. The highest BCUT2D eigenvalue weighted by Gasteiger charge is 2.37. The molecule has 2 aromatic rings. The Bertz CT molecular complexity index is 1060. The van der Waals surface area contributed by atoms with E-state index in [0.29, 0.717) is 19.4 Å². The lowest BCUT2D eigenvalue weighted by atomic mass is 10.0. The molecule has 1 aliphatic heterocycles. The molecule has 2 N–H and O–H groups in total. The quantitative estimate of drug-likeness (QED) is 0.419. The number of nitro benzene ring substituents is 1. The molecule has 180 valence electrons. The molecule has 0 aliphatic carbocycles. The number of carboxylic acid groups (broad SMARTS) is 1. The number of rotatable bonds is 9. The van der Waals surface area contributed by atoms with Gasteiger partial charge in [-0.05, 0) is 24.5 Å². The van der Waals surface area contributed by atoms with Crippen LogP contribution in [-0.4, -0.2) is 58.6 Å². The highest BCUT2D eigenvalue weighted by molar-refractivity contribution is 5.89. The van der Waals surface area contributed by atoms with Crippen LogP contribution in [0.15, 0.2) is 48.5 Å². The number of nitrogens with one attached hydrogen (secondary N) is 1. The van der Waals surface area contributed by atoms with E-state index in [1.54, 1.807) is 12.1 Å². The summed E-state index contributed by atoms with van der Waals surface area (Å²) in [5, 5.41) is 23.2. The van der Waals surface area contributed by atoms with Crippen molar-refractivity contribution in [3.8, 4) is 5.75 Å². The third kappa shape index (κ3) is 6.00. The molecule has 1 saturated heterocycles. The van der Waals surface area contributed by atoms with Gasteiger partial charge >= 0.3 is 12.1 Å². The summed E-state index contributed by atoms with van der Waals surface area (Å²) in [5.74, 6) is -1.69. The first kappa shape index (κ1) is 24.5. The number of aliphatic carboxylic acids is 1. The van der Waals surface area contributed by atoms with Crippen LogP contribution in [0.1, 0.15) is 24.0 Å². The molecule has 2 aromatic carbocycles. The molecule has 0 bridgehead atoms. The summed E-state index contributed by atoms with van der Waals surface area (Å²) in [6.45, 7) is 0.358. The van der Waals surface area contributed by atoms with Crippen molar-refractivity contribution < 1.29 is 33.9 Å². The monoisotopic (exact) mass is 471 g/mol. The minimum absolute atomic E-state index is 0.0504. The summed E-state index contributed by atoms with van der Waals surface area (Å²) in [6.07, 6.45) is 0.0267. The molecule has 1 aliphatic rings. The van der Waals surface area contributed by atoms with E-state index in [0.717, 1.165) is 5.56 Å². The number of amides is 2. The Labute approximate surface area is 195 Å². The predicted molar refractivity (Wildman–Crippen MR) is 119 cm³/mol. The van der Waals surface area contributed by atoms with Crippen LogP contribution in [0.5, 0.6) is 5.75 Å². The van der Waals surface area contributed by atoms with Gasteiger partial charge in [0.15, 0.2) is 0 Å². The van der Waals surface area contributed by atoms with Crippen molar-refractivity contribution in [2.75, 3.05) is 13.7 Å². The number of carboxylic acids is 1. The number of nitrogens with zero attached hydrogens (tertiary/aromatic N) is 2. The van der Waals surface area contributed by atoms with E-state index in [2.05, 4.69) is 5.32 Å². The first-order valence-electron chi connectivity index (χ1n) is 10.6. The minimum Gasteiger partial charge on any atom is -0.496 e. The maximum Gasteiger partial charge on any atom is 0.410 e. The lowest BCUT2D eigenvalue weighted by Crippen LogP contribution is -2.51. The van der Waals surface area contributed by atoms with Crippen LogP contribution in [0.4, 0.5) is 10.5 Å². The van der Waals surface area contributed by atoms with Crippen molar-refractivity contribution in [3.63, 3.8) is 0 Å². The molecule has 11 nitrogen and oxygen atoms in total. The highest BCUT2D eigenvalue weighted by Crippen LogP contribution is 2.26. The predicted octanol–water partition coefficient (Wildman–Crippen LogP) is 2.52. The van der Waals surface area contributed by atoms with Gasteiger partial charge in [0.25, 0.3) is 5.69 Å². The van der Waals surface area contributed by atoms with E-state index >= 15 is 0 Å². The SMILES string of the molecule is COc1ccc([N+](=O)[O-])cc1C[C@@H](NC(=O)[C@H]1CCCN1C(=O)OCc1ccccc1)C(=O)O. The lowest BCUT2D eigenvalue weighted by molar-refractivity contribution is -0.384. The third-order valence-corrected chi connectivity index (χ3v) is 5.51. The largest absolute Gasteiger partial charge is 0.496 e. The van der Waals surface area contributed by atoms with Crippen LogP contribution in [0, 0.1) is 10.1 Å². The summed E-state index contributed by atoms with van der Waals surface area (Å²) < 4.78 is 10.5. The fourth-order valence-electron chi connectivity index (χ4n) is 3.79. The van der Waals surface area contributed by atoms with Crippen molar-refractivity contribution >= 4 is 23.7 Å². The summed E-state index contributed by atoms with van der Waals surface area (Å²) >= 11 is 0. The van der Waals surface area contributed by atoms with Crippen molar-refractivity contribution in [2.45, 2.75) is 38.0 Å². The van der Waals surface area contributed by atoms with E-state index in [-0.39, 0.29) is 30.0 Å². The zero-order valence-corrected chi connectivity index (χ0v) is 18.5.